The van der Waals surface area contributed by atoms with E-state index in [1.807, 2.05) is 72.8 Å². The monoisotopic (exact) mass is 546 g/mol. The predicted molar refractivity (Wildman–Crippen MR) is 151 cm³/mol. The van der Waals surface area contributed by atoms with Gasteiger partial charge in [-0.25, -0.2) is 0 Å². The number of nitrogens with zero attached hydrogens (tertiary/aromatic N) is 1. The van der Waals surface area contributed by atoms with Crippen molar-refractivity contribution in [2.24, 2.45) is 0 Å². The molecule has 0 aliphatic carbocycles. The molecule has 1 N–H and O–H groups in total. The molecule has 0 saturated heterocycles. The number of hydrogen-bond acceptors (Lipinski definition) is 3. The maximum atomic E-state index is 13.7. The summed E-state index contributed by atoms with van der Waals surface area (Å²) in [4.78, 5) is 28.9. The van der Waals surface area contributed by atoms with Crippen LogP contribution in [0.4, 0.5) is 0 Å². The first-order valence-corrected chi connectivity index (χ1v) is 13.0. The number of halogens is 2. The van der Waals surface area contributed by atoms with Crippen LogP contribution in [-0.4, -0.2) is 29.9 Å². The fraction of sp³-hybridized carbons (Fsp3) is 0.161. The lowest BCUT2D eigenvalue weighted by atomic mass is 10.0. The van der Waals surface area contributed by atoms with Crippen molar-refractivity contribution in [3.05, 3.63) is 136 Å². The quantitative estimate of drug-likeness (QED) is 0.233. The van der Waals surface area contributed by atoms with Crippen molar-refractivity contribution in [3.63, 3.8) is 0 Å². The molecule has 0 radical (unpaired) electrons. The molecule has 0 fully saturated rings. The molecule has 7 heteroatoms. The third-order valence-electron chi connectivity index (χ3n) is 6.01. The van der Waals surface area contributed by atoms with E-state index in [1.165, 1.54) is 4.90 Å². The molecule has 0 spiro atoms. The van der Waals surface area contributed by atoms with Gasteiger partial charge in [0.05, 0.1) is 5.02 Å². The zero-order valence-electron chi connectivity index (χ0n) is 20.7. The molecule has 0 aromatic heterocycles. The molecule has 4 rings (SSSR count). The second kappa shape index (κ2) is 13.7. The lowest BCUT2D eigenvalue weighted by molar-refractivity contribution is -0.143. The Labute approximate surface area is 233 Å². The van der Waals surface area contributed by atoms with Crippen LogP contribution >= 0.6 is 23.2 Å². The van der Waals surface area contributed by atoms with Gasteiger partial charge < -0.3 is 15.0 Å². The number of hydrogen-bond donors (Lipinski definition) is 1. The SMILES string of the molecule is O=C(NCCc1ccccc1)[C@@H](c1ccccc1)N(Cc1ccc(Cl)cc1)C(=O)COc1ccccc1Cl. The molecule has 2 amide bonds. The van der Waals surface area contributed by atoms with Crippen LogP contribution in [0.3, 0.4) is 0 Å². The van der Waals surface area contributed by atoms with Crippen molar-refractivity contribution in [2.75, 3.05) is 13.2 Å². The van der Waals surface area contributed by atoms with Gasteiger partial charge in [0.1, 0.15) is 11.8 Å². The third-order valence-corrected chi connectivity index (χ3v) is 6.57. The maximum Gasteiger partial charge on any atom is 0.261 e. The minimum Gasteiger partial charge on any atom is -0.482 e. The van der Waals surface area contributed by atoms with E-state index < -0.39 is 6.04 Å². The van der Waals surface area contributed by atoms with Gasteiger partial charge in [0, 0.05) is 18.1 Å². The molecule has 0 saturated carbocycles. The van der Waals surface area contributed by atoms with Gasteiger partial charge in [0.25, 0.3) is 5.91 Å². The average molecular weight is 547 g/mol. The molecule has 0 aliphatic rings. The normalized spacial score (nSPS) is 11.4. The second-order valence-corrected chi connectivity index (χ2v) is 9.55. The Balaban J connectivity index is 1.59. The summed E-state index contributed by atoms with van der Waals surface area (Å²) < 4.78 is 5.77. The van der Waals surface area contributed by atoms with Crippen LogP contribution in [0.2, 0.25) is 10.0 Å². The molecule has 0 aliphatic heterocycles. The van der Waals surface area contributed by atoms with Gasteiger partial charge in [-0.1, -0.05) is 108 Å². The first kappa shape index (κ1) is 27.2. The minimum atomic E-state index is -0.870. The molecular weight excluding hydrogens is 519 g/mol. The molecule has 0 bridgehead atoms. The van der Waals surface area contributed by atoms with Crippen molar-refractivity contribution in [3.8, 4) is 5.75 Å². The summed E-state index contributed by atoms with van der Waals surface area (Å²) in [6, 6.07) is 32.5. The number of ether oxygens (including phenoxy) is 1. The topological polar surface area (TPSA) is 58.6 Å². The Hall–Kier alpha value is -3.80. The van der Waals surface area contributed by atoms with Crippen molar-refractivity contribution >= 4 is 35.0 Å². The summed E-state index contributed by atoms with van der Waals surface area (Å²) in [7, 11) is 0. The van der Waals surface area contributed by atoms with E-state index in [1.54, 1.807) is 36.4 Å². The standard InChI is InChI=1S/C31H28Cl2N2O3/c32-26-17-15-24(16-18-26)21-35(29(36)22-38-28-14-8-7-13-27(28)33)30(25-11-5-2-6-12-25)31(37)34-20-19-23-9-3-1-4-10-23/h1-18,30H,19-22H2,(H,34,37)/t30-/m1/s1. The molecule has 38 heavy (non-hydrogen) atoms. The minimum absolute atomic E-state index is 0.188. The molecule has 5 nitrogen and oxygen atoms in total. The van der Waals surface area contributed by atoms with E-state index in [2.05, 4.69) is 5.32 Å². The van der Waals surface area contributed by atoms with E-state index in [9.17, 15) is 9.59 Å². The fourth-order valence-corrected chi connectivity index (χ4v) is 4.39. The van der Waals surface area contributed by atoms with Crippen LogP contribution in [0.15, 0.2) is 109 Å². The first-order valence-electron chi connectivity index (χ1n) is 12.3. The summed E-state index contributed by atoms with van der Waals surface area (Å²) in [6.07, 6.45) is 0.675. The first-order chi connectivity index (χ1) is 18.5. The van der Waals surface area contributed by atoms with Crippen LogP contribution in [0.1, 0.15) is 22.7 Å². The van der Waals surface area contributed by atoms with E-state index in [0.29, 0.717) is 34.3 Å². The molecule has 4 aromatic rings. The van der Waals surface area contributed by atoms with E-state index in [4.69, 9.17) is 27.9 Å². The Kier molecular flexibility index (Phi) is 9.79. The summed E-state index contributed by atoms with van der Waals surface area (Å²) >= 11 is 12.3. The zero-order valence-corrected chi connectivity index (χ0v) is 22.2. The zero-order chi connectivity index (χ0) is 26.7. The third kappa shape index (κ3) is 7.60. The number of carbonyl (C=O) groups excluding carboxylic acids is 2. The average Bonchev–Trinajstić information content (AvgIpc) is 2.94. The van der Waals surface area contributed by atoms with E-state index in [-0.39, 0.29) is 25.0 Å². The van der Waals surface area contributed by atoms with Crippen LogP contribution in [-0.2, 0) is 22.6 Å². The highest BCUT2D eigenvalue weighted by atomic mass is 35.5. The van der Waals surface area contributed by atoms with Gasteiger partial charge in [0.15, 0.2) is 6.61 Å². The Morgan fingerprint density at radius 2 is 1.39 bits per heavy atom. The maximum absolute atomic E-state index is 13.7. The number of carbonyl (C=O) groups is 2. The number of rotatable bonds is 11. The van der Waals surface area contributed by atoms with Gasteiger partial charge in [-0.15, -0.1) is 0 Å². The van der Waals surface area contributed by atoms with Crippen LogP contribution in [0.5, 0.6) is 5.75 Å². The largest absolute Gasteiger partial charge is 0.482 e. The molecular formula is C31H28Cl2N2O3. The lowest BCUT2D eigenvalue weighted by Gasteiger charge is -2.31. The summed E-state index contributed by atoms with van der Waals surface area (Å²) in [5.41, 5.74) is 2.65. The van der Waals surface area contributed by atoms with Gasteiger partial charge in [-0.3, -0.25) is 9.59 Å². The van der Waals surface area contributed by atoms with Crippen molar-refractivity contribution in [2.45, 2.75) is 19.0 Å². The molecule has 194 valence electrons. The highest BCUT2D eigenvalue weighted by molar-refractivity contribution is 6.32. The van der Waals surface area contributed by atoms with Gasteiger partial charge in [-0.2, -0.15) is 0 Å². The van der Waals surface area contributed by atoms with Crippen molar-refractivity contribution < 1.29 is 14.3 Å². The van der Waals surface area contributed by atoms with Crippen LogP contribution < -0.4 is 10.1 Å². The summed E-state index contributed by atoms with van der Waals surface area (Å²) in [5, 5.41) is 4.02. The van der Waals surface area contributed by atoms with Crippen molar-refractivity contribution in [1.82, 2.24) is 10.2 Å². The fourth-order valence-electron chi connectivity index (χ4n) is 4.07. The summed E-state index contributed by atoms with van der Waals surface area (Å²) in [5.74, 6) is -0.225. The molecule has 0 unspecified atom stereocenters. The number of nitrogens with one attached hydrogen (secondary N) is 1. The molecule has 0 heterocycles. The highest BCUT2D eigenvalue weighted by Crippen LogP contribution is 2.26. The van der Waals surface area contributed by atoms with Gasteiger partial charge in [0.2, 0.25) is 5.91 Å². The number of benzene rings is 4. The lowest BCUT2D eigenvalue weighted by Crippen LogP contribution is -2.45. The molecule has 4 aromatic carbocycles. The Morgan fingerprint density at radius 1 is 0.763 bits per heavy atom. The number of amides is 2. The van der Waals surface area contributed by atoms with Crippen LogP contribution in [0, 0.1) is 0 Å². The Bertz CT molecular complexity index is 1330. The van der Waals surface area contributed by atoms with E-state index in [0.717, 1.165) is 11.1 Å². The molecule has 1 atom stereocenters. The summed E-state index contributed by atoms with van der Waals surface area (Å²) in [6.45, 7) is 0.344. The van der Waals surface area contributed by atoms with Gasteiger partial charge >= 0.3 is 0 Å². The second-order valence-electron chi connectivity index (χ2n) is 8.71. The van der Waals surface area contributed by atoms with Gasteiger partial charge in [-0.05, 0) is 47.4 Å². The number of para-hydroxylation sites is 1. The van der Waals surface area contributed by atoms with Crippen LogP contribution in [0.25, 0.3) is 0 Å². The highest BCUT2D eigenvalue weighted by Gasteiger charge is 2.31. The smallest absolute Gasteiger partial charge is 0.261 e. The predicted octanol–water partition coefficient (Wildman–Crippen LogP) is 6.50. The Morgan fingerprint density at radius 3 is 2.08 bits per heavy atom. The van der Waals surface area contributed by atoms with E-state index >= 15 is 0 Å². The van der Waals surface area contributed by atoms with Crippen molar-refractivity contribution in [1.29, 1.82) is 0 Å².